The molecule has 2 fully saturated rings. The van der Waals surface area contributed by atoms with Crippen molar-refractivity contribution in [3.63, 3.8) is 0 Å². The molecule has 0 aromatic rings. The van der Waals surface area contributed by atoms with Crippen LogP contribution in [0.5, 0.6) is 0 Å². The number of nitrogens with zero attached hydrogens (tertiary/aromatic N) is 2. The Kier molecular flexibility index (Phi) is 2.61. The molecule has 0 spiro atoms. The van der Waals surface area contributed by atoms with E-state index in [9.17, 15) is 4.39 Å². The summed E-state index contributed by atoms with van der Waals surface area (Å²) in [4.78, 5) is 2.30. The molecule has 0 aromatic carbocycles. The predicted molar refractivity (Wildman–Crippen MR) is 46.0 cm³/mol. The summed E-state index contributed by atoms with van der Waals surface area (Å²) in [5.74, 6) is 0. The number of piperidine rings is 1. The zero-order valence-corrected chi connectivity index (χ0v) is 7.38. The Morgan fingerprint density at radius 3 is 2.50 bits per heavy atom. The van der Waals surface area contributed by atoms with Gasteiger partial charge in [-0.05, 0) is 19.3 Å². The smallest absolute Gasteiger partial charge is 0.114 e. The van der Waals surface area contributed by atoms with Crippen LogP contribution in [-0.2, 0) is 0 Å². The Morgan fingerprint density at radius 2 is 1.92 bits per heavy atom. The molecule has 0 saturated carbocycles. The van der Waals surface area contributed by atoms with Crippen LogP contribution in [-0.4, -0.2) is 43.3 Å². The molecular weight excluding hydrogens is 155 g/mol. The first-order valence-electron chi connectivity index (χ1n) is 4.87. The average molecular weight is 171 g/mol. The van der Waals surface area contributed by atoms with Crippen molar-refractivity contribution in [2.24, 2.45) is 0 Å². The van der Waals surface area contributed by atoms with Crippen LogP contribution in [0.25, 0.3) is 0 Å². The largest absolute Gasteiger partial charge is 0.297 e. The highest BCUT2D eigenvalue weighted by Gasteiger charge is 2.28. The summed E-state index contributed by atoms with van der Waals surface area (Å²) in [6, 6.07) is 0.628. The molecular formula is C9H16FN2. The minimum atomic E-state index is -0.566. The fourth-order valence-electron chi connectivity index (χ4n) is 2.18. The van der Waals surface area contributed by atoms with Gasteiger partial charge in [-0.2, -0.15) is 0 Å². The van der Waals surface area contributed by atoms with Crippen LogP contribution < -0.4 is 5.32 Å². The van der Waals surface area contributed by atoms with Gasteiger partial charge in [-0.3, -0.25) is 4.90 Å². The number of halogens is 1. The van der Waals surface area contributed by atoms with Crippen molar-refractivity contribution in [2.45, 2.75) is 31.5 Å². The average Bonchev–Trinajstić information content (AvgIpc) is 2.54. The first-order chi connectivity index (χ1) is 5.86. The van der Waals surface area contributed by atoms with Crippen LogP contribution in [0.3, 0.4) is 0 Å². The topological polar surface area (TPSA) is 17.3 Å². The van der Waals surface area contributed by atoms with Gasteiger partial charge in [0.2, 0.25) is 0 Å². The molecule has 1 atom stereocenters. The summed E-state index contributed by atoms with van der Waals surface area (Å²) in [6.07, 6.45) is 2.47. The Hall–Kier alpha value is -0.150. The zero-order valence-electron chi connectivity index (χ0n) is 7.38. The van der Waals surface area contributed by atoms with E-state index in [4.69, 9.17) is 0 Å². The van der Waals surface area contributed by atoms with Crippen molar-refractivity contribution in [1.29, 1.82) is 0 Å². The van der Waals surface area contributed by atoms with E-state index < -0.39 is 6.17 Å². The molecule has 2 rings (SSSR count). The number of hydrogen-bond donors (Lipinski definition) is 0. The SMILES string of the molecule is FC1CCN(C2CC[N]CC2)C1. The summed E-state index contributed by atoms with van der Waals surface area (Å²) in [5.41, 5.74) is 0. The minimum absolute atomic E-state index is 0.566. The summed E-state index contributed by atoms with van der Waals surface area (Å²) in [5, 5.41) is 4.30. The highest BCUT2D eigenvalue weighted by Crippen LogP contribution is 2.20. The van der Waals surface area contributed by atoms with E-state index in [1.54, 1.807) is 0 Å². The summed E-state index contributed by atoms with van der Waals surface area (Å²) >= 11 is 0. The van der Waals surface area contributed by atoms with Gasteiger partial charge in [0, 0.05) is 32.2 Å². The minimum Gasteiger partial charge on any atom is -0.297 e. The van der Waals surface area contributed by atoms with E-state index in [0.29, 0.717) is 12.6 Å². The second-order valence-electron chi connectivity index (χ2n) is 3.78. The van der Waals surface area contributed by atoms with Crippen molar-refractivity contribution < 1.29 is 4.39 Å². The normalized spacial score (nSPS) is 34.2. The van der Waals surface area contributed by atoms with Gasteiger partial charge in [-0.25, -0.2) is 9.71 Å². The van der Waals surface area contributed by atoms with Crippen molar-refractivity contribution in [1.82, 2.24) is 10.2 Å². The lowest BCUT2D eigenvalue weighted by Gasteiger charge is -2.30. The van der Waals surface area contributed by atoms with E-state index in [0.717, 1.165) is 38.9 Å². The molecule has 2 saturated heterocycles. The molecule has 1 radical (unpaired) electrons. The van der Waals surface area contributed by atoms with Crippen LogP contribution in [0.2, 0.25) is 0 Å². The molecule has 2 aliphatic heterocycles. The third-order valence-electron chi connectivity index (χ3n) is 2.92. The Bertz CT molecular complexity index is 143. The maximum Gasteiger partial charge on any atom is 0.114 e. The highest BCUT2D eigenvalue weighted by molar-refractivity contribution is 4.84. The van der Waals surface area contributed by atoms with Gasteiger partial charge < -0.3 is 0 Å². The second-order valence-corrected chi connectivity index (χ2v) is 3.78. The fourth-order valence-corrected chi connectivity index (χ4v) is 2.18. The Morgan fingerprint density at radius 1 is 1.17 bits per heavy atom. The molecule has 0 aromatic heterocycles. The van der Waals surface area contributed by atoms with E-state index in [-0.39, 0.29) is 0 Å². The zero-order chi connectivity index (χ0) is 8.39. The van der Waals surface area contributed by atoms with Crippen LogP contribution >= 0.6 is 0 Å². The van der Waals surface area contributed by atoms with E-state index in [2.05, 4.69) is 10.2 Å². The molecule has 69 valence electrons. The van der Waals surface area contributed by atoms with Crippen LogP contribution in [0.1, 0.15) is 19.3 Å². The molecule has 0 N–H and O–H groups in total. The number of hydrogen-bond acceptors (Lipinski definition) is 1. The first-order valence-corrected chi connectivity index (χ1v) is 4.87. The second kappa shape index (κ2) is 3.71. The van der Waals surface area contributed by atoms with Gasteiger partial charge in [0.25, 0.3) is 0 Å². The van der Waals surface area contributed by atoms with Crippen molar-refractivity contribution >= 4 is 0 Å². The molecule has 1 unspecified atom stereocenters. The van der Waals surface area contributed by atoms with Crippen LogP contribution in [0.15, 0.2) is 0 Å². The first kappa shape index (κ1) is 8.45. The van der Waals surface area contributed by atoms with Gasteiger partial charge in [-0.15, -0.1) is 0 Å². The monoisotopic (exact) mass is 171 g/mol. The standard InChI is InChI=1S/C9H16FN2/c10-8-3-6-12(7-8)9-1-4-11-5-2-9/h8-9H,1-7H2. The van der Waals surface area contributed by atoms with Crippen molar-refractivity contribution in [2.75, 3.05) is 26.2 Å². The summed E-state index contributed by atoms with van der Waals surface area (Å²) in [7, 11) is 0. The van der Waals surface area contributed by atoms with Gasteiger partial charge >= 0.3 is 0 Å². The molecule has 0 bridgehead atoms. The lowest BCUT2D eigenvalue weighted by molar-refractivity contribution is 0.183. The van der Waals surface area contributed by atoms with E-state index in [1.165, 1.54) is 0 Å². The molecule has 0 amide bonds. The molecule has 3 heteroatoms. The lowest BCUT2D eigenvalue weighted by Crippen LogP contribution is -2.40. The summed E-state index contributed by atoms with van der Waals surface area (Å²) < 4.78 is 12.9. The summed E-state index contributed by atoms with van der Waals surface area (Å²) in [6.45, 7) is 3.60. The van der Waals surface area contributed by atoms with Crippen molar-refractivity contribution in [3.8, 4) is 0 Å². The maximum absolute atomic E-state index is 12.9. The number of rotatable bonds is 1. The third-order valence-corrected chi connectivity index (χ3v) is 2.92. The van der Waals surface area contributed by atoms with Gasteiger partial charge in [0.05, 0.1) is 0 Å². The van der Waals surface area contributed by atoms with Crippen molar-refractivity contribution in [3.05, 3.63) is 0 Å². The molecule has 2 nitrogen and oxygen atoms in total. The third kappa shape index (κ3) is 1.77. The van der Waals surface area contributed by atoms with Gasteiger partial charge in [0.15, 0.2) is 0 Å². The molecule has 0 aliphatic carbocycles. The molecule has 2 heterocycles. The quantitative estimate of drug-likeness (QED) is 0.570. The Labute approximate surface area is 73.1 Å². The Balaban J connectivity index is 1.83. The number of likely N-dealkylation sites (tertiary alicyclic amines) is 1. The molecule has 2 aliphatic rings. The van der Waals surface area contributed by atoms with E-state index >= 15 is 0 Å². The predicted octanol–water partition coefficient (Wildman–Crippen LogP) is 0.797. The van der Waals surface area contributed by atoms with E-state index in [1.807, 2.05) is 0 Å². The highest BCUT2D eigenvalue weighted by atomic mass is 19.1. The van der Waals surface area contributed by atoms with Crippen LogP contribution in [0, 0.1) is 0 Å². The van der Waals surface area contributed by atoms with Gasteiger partial charge in [0.1, 0.15) is 6.17 Å². The van der Waals surface area contributed by atoms with Gasteiger partial charge in [-0.1, -0.05) is 0 Å². The molecule has 12 heavy (non-hydrogen) atoms. The maximum atomic E-state index is 12.9. The number of alkyl halides is 1. The fraction of sp³-hybridized carbons (Fsp3) is 1.00. The van der Waals surface area contributed by atoms with Crippen LogP contribution in [0.4, 0.5) is 4.39 Å². The lowest BCUT2D eigenvalue weighted by atomic mass is 10.1.